The van der Waals surface area contributed by atoms with Crippen LogP contribution in [-0.4, -0.2) is 44.4 Å². The minimum Gasteiger partial charge on any atom is -0.494 e. The van der Waals surface area contributed by atoms with Crippen molar-refractivity contribution < 1.29 is 14.3 Å². The monoisotopic (exact) mass is 596 g/mol. The van der Waals surface area contributed by atoms with Crippen molar-refractivity contribution in [2.45, 2.75) is 78.6 Å². The molecule has 2 unspecified atom stereocenters. The summed E-state index contributed by atoms with van der Waals surface area (Å²) < 4.78 is 5.65. The lowest BCUT2D eigenvalue weighted by Crippen LogP contribution is -2.45. The summed E-state index contributed by atoms with van der Waals surface area (Å²) in [4.78, 5) is 24.7. The highest BCUT2D eigenvalue weighted by molar-refractivity contribution is 5.76. The third kappa shape index (κ3) is 10.3. The van der Waals surface area contributed by atoms with Crippen molar-refractivity contribution in [2.75, 3.05) is 37.7 Å². The fourth-order valence-electron chi connectivity index (χ4n) is 6.18. The van der Waals surface area contributed by atoms with Crippen LogP contribution in [0.25, 0.3) is 0 Å². The van der Waals surface area contributed by atoms with Gasteiger partial charge < -0.3 is 24.5 Å². The van der Waals surface area contributed by atoms with Gasteiger partial charge in [0.05, 0.1) is 6.61 Å². The van der Waals surface area contributed by atoms with Crippen LogP contribution in [0.5, 0.6) is 5.75 Å². The van der Waals surface area contributed by atoms with Gasteiger partial charge in [0.2, 0.25) is 0 Å². The lowest BCUT2D eigenvalue weighted by atomic mass is 9.89. The summed E-state index contributed by atoms with van der Waals surface area (Å²) in [6.45, 7) is 14.9. The highest BCUT2D eigenvalue weighted by Gasteiger charge is 2.28. The molecule has 5 rings (SSSR count). The molecule has 0 spiro atoms. The molecule has 1 N–H and O–H groups in total. The number of carbonyl (C=O) groups excluding carboxylic acids is 2. The molecule has 5 nitrogen and oxygen atoms in total. The highest BCUT2D eigenvalue weighted by Crippen LogP contribution is 2.33. The molecule has 2 atom stereocenters. The average Bonchev–Trinajstić information content (AvgIpc) is 2.92. The van der Waals surface area contributed by atoms with Crippen LogP contribution in [0.15, 0.2) is 72.8 Å². The van der Waals surface area contributed by atoms with Crippen molar-refractivity contribution in [3.05, 3.63) is 95.1 Å². The summed E-state index contributed by atoms with van der Waals surface area (Å²) in [5.41, 5.74) is 6.79. The van der Waals surface area contributed by atoms with Gasteiger partial charge in [0.15, 0.2) is 0 Å². The summed E-state index contributed by atoms with van der Waals surface area (Å²) in [5.74, 6) is 3.68. The zero-order valence-electron chi connectivity index (χ0n) is 27.5. The molecule has 0 saturated carbocycles. The number of ether oxygens (including phenoxy) is 1. The third-order valence-electron chi connectivity index (χ3n) is 8.68. The Kier molecular flexibility index (Phi) is 12.6. The number of rotatable bonds is 14. The molecule has 44 heavy (non-hydrogen) atoms. The second kappa shape index (κ2) is 16.6. The lowest BCUT2D eigenvalue weighted by molar-refractivity contribution is -0.118. The van der Waals surface area contributed by atoms with Gasteiger partial charge in [-0.3, -0.25) is 0 Å². The molecule has 2 aliphatic rings. The van der Waals surface area contributed by atoms with Crippen molar-refractivity contribution in [2.24, 2.45) is 11.8 Å². The molecular weight excluding hydrogens is 544 g/mol. The Labute approximate surface area is 265 Å². The molecule has 2 heterocycles. The number of hydrogen-bond acceptors (Lipinski definition) is 5. The second-order valence-electron chi connectivity index (χ2n) is 13.2. The van der Waals surface area contributed by atoms with Crippen LogP contribution in [0.3, 0.4) is 0 Å². The van der Waals surface area contributed by atoms with E-state index in [-0.39, 0.29) is 11.6 Å². The number of anilines is 1. The number of nitrogens with zero attached hydrogens (tertiary/aromatic N) is 1. The number of Topliss-reactive ketones (excluding diaryl/α,β-unsaturated/α-hetero) is 2. The maximum Gasteiger partial charge on any atom is 0.130 e. The predicted molar refractivity (Wildman–Crippen MR) is 182 cm³/mol. The van der Waals surface area contributed by atoms with Gasteiger partial charge in [-0.15, -0.1) is 0 Å². The molecule has 0 bridgehead atoms. The number of hydrogen-bond donors (Lipinski definition) is 1. The van der Waals surface area contributed by atoms with E-state index in [4.69, 9.17) is 4.74 Å². The molecule has 5 heteroatoms. The third-order valence-corrected chi connectivity index (χ3v) is 8.68. The zero-order chi connectivity index (χ0) is 31.5. The van der Waals surface area contributed by atoms with Crippen molar-refractivity contribution in [1.29, 1.82) is 0 Å². The van der Waals surface area contributed by atoms with Gasteiger partial charge in [0.25, 0.3) is 0 Å². The molecule has 3 aromatic carbocycles. The van der Waals surface area contributed by atoms with Crippen LogP contribution >= 0.6 is 0 Å². The number of benzene rings is 3. The Morgan fingerprint density at radius 1 is 0.750 bits per heavy atom. The standard InChI is InChI=1S/C24H31NO2.C15H21NO/c1-4-13-27-24-11-9-23(10-12-24)25-16-22(17-25)21-7-5-20(6-8-21)15-18(2)14-19(3)26;1-11(7-12(2)17)8-13-3-5-14(6-4-13)15-9-16-10-15/h5-12,18,22H,4,13-17H2,1-3H3;3-6,11,15-16H,7-10H2,1-2H3. The summed E-state index contributed by atoms with van der Waals surface area (Å²) >= 11 is 0. The van der Waals surface area contributed by atoms with E-state index in [1.165, 1.54) is 27.9 Å². The van der Waals surface area contributed by atoms with Gasteiger partial charge in [0.1, 0.15) is 17.3 Å². The van der Waals surface area contributed by atoms with E-state index in [2.05, 4.69) is 104 Å². The first-order chi connectivity index (χ1) is 21.2. The van der Waals surface area contributed by atoms with Gasteiger partial charge in [-0.1, -0.05) is 69.3 Å². The van der Waals surface area contributed by atoms with Gasteiger partial charge in [-0.25, -0.2) is 0 Å². The molecule has 0 amide bonds. The normalized spacial score (nSPS) is 16.2. The SMILES string of the molecule is CC(=O)CC(C)Cc1ccc(C2CNC2)cc1.CCCOc1ccc(N2CC(c3ccc(CC(C)CC(C)=O)cc3)C2)cc1. The van der Waals surface area contributed by atoms with Gasteiger partial charge in [-0.05, 0) is 91.5 Å². The van der Waals surface area contributed by atoms with E-state index >= 15 is 0 Å². The molecule has 3 aromatic rings. The van der Waals surface area contributed by atoms with Crippen LogP contribution in [0.4, 0.5) is 5.69 Å². The Morgan fingerprint density at radius 2 is 1.23 bits per heavy atom. The van der Waals surface area contributed by atoms with E-state index in [0.29, 0.717) is 36.5 Å². The fraction of sp³-hybridized carbons (Fsp3) is 0.487. The Bertz CT molecular complexity index is 1310. The molecule has 2 fully saturated rings. The maximum absolute atomic E-state index is 11.2. The summed E-state index contributed by atoms with van der Waals surface area (Å²) in [6, 6.07) is 26.3. The minimum absolute atomic E-state index is 0.277. The molecule has 0 aromatic heterocycles. The van der Waals surface area contributed by atoms with E-state index < -0.39 is 0 Å². The van der Waals surface area contributed by atoms with Crippen LogP contribution in [0.2, 0.25) is 0 Å². The predicted octanol–water partition coefficient (Wildman–Crippen LogP) is 7.77. The average molecular weight is 597 g/mol. The minimum atomic E-state index is 0.277. The van der Waals surface area contributed by atoms with E-state index in [1.54, 1.807) is 13.8 Å². The van der Waals surface area contributed by atoms with Crippen molar-refractivity contribution >= 4 is 17.3 Å². The zero-order valence-corrected chi connectivity index (χ0v) is 27.5. The molecular formula is C39H52N2O3. The Morgan fingerprint density at radius 3 is 1.64 bits per heavy atom. The lowest BCUT2D eigenvalue weighted by Gasteiger charge is -2.41. The summed E-state index contributed by atoms with van der Waals surface area (Å²) in [6.07, 6.45) is 4.37. The first-order valence-electron chi connectivity index (χ1n) is 16.5. The Hall–Kier alpha value is -3.44. The smallest absolute Gasteiger partial charge is 0.130 e. The summed E-state index contributed by atoms with van der Waals surface area (Å²) in [7, 11) is 0. The first-order valence-corrected chi connectivity index (χ1v) is 16.5. The van der Waals surface area contributed by atoms with E-state index in [0.717, 1.165) is 57.8 Å². The first kappa shape index (κ1) is 33.5. The number of nitrogens with one attached hydrogen (secondary N) is 1. The van der Waals surface area contributed by atoms with E-state index in [1.807, 2.05) is 0 Å². The largest absolute Gasteiger partial charge is 0.494 e. The summed E-state index contributed by atoms with van der Waals surface area (Å²) in [5, 5.41) is 3.29. The fourth-order valence-corrected chi connectivity index (χ4v) is 6.18. The number of carbonyl (C=O) groups is 2. The van der Waals surface area contributed by atoms with Crippen LogP contribution < -0.4 is 15.0 Å². The van der Waals surface area contributed by atoms with Crippen molar-refractivity contribution in [3.63, 3.8) is 0 Å². The second-order valence-corrected chi connectivity index (χ2v) is 13.2. The Balaban J connectivity index is 0.000000223. The van der Waals surface area contributed by atoms with Gasteiger partial charge in [-0.2, -0.15) is 0 Å². The van der Waals surface area contributed by atoms with Crippen molar-refractivity contribution in [1.82, 2.24) is 5.32 Å². The molecule has 2 aliphatic heterocycles. The van der Waals surface area contributed by atoms with Crippen LogP contribution in [0.1, 0.15) is 88.0 Å². The molecule has 0 radical (unpaired) electrons. The van der Waals surface area contributed by atoms with E-state index in [9.17, 15) is 9.59 Å². The quantitative estimate of drug-likeness (QED) is 0.206. The van der Waals surface area contributed by atoms with Gasteiger partial charge in [0, 0.05) is 56.5 Å². The van der Waals surface area contributed by atoms with Crippen LogP contribution in [0, 0.1) is 11.8 Å². The molecule has 0 aliphatic carbocycles. The maximum atomic E-state index is 11.2. The highest BCUT2D eigenvalue weighted by atomic mass is 16.5. The van der Waals surface area contributed by atoms with Crippen LogP contribution in [-0.2, 0) is 22.4 Å². The molecule has 2 saturated heterocycles. The molecule has 236 valence electrons. The topological polar surface area (TPSA) is 58.6 Å². The van der Waals surface area contributed by atoms with Crippen molar-refractivity contribution in [3.8, 4) is 5.75 Å². The van der Waals surface area contributed by atoms with Gasteiger partial charge >= 0.3 is 0 Å². The number of ketones is 2.